The van der Waals surface area contributed by atoms with E-state index >= 15 is 0 Å². The molecule has 0 spiro atoms. The first-order valence-corrected chi connectivity index (χ1v) is 12.7. The minimum atomic E-state index is -1.19. The molecule has 0 aliphatic carbocycles. The molecule has 12 nitrogen and oxygen atoms in total. The van der Waals surface area contributed by atoms with Gasteiger partial charge in [0.1, 0.15) is 6.61 Å². The molecule has 1 saturated heterocycles. The second kappa shape index (κ2) is 12.9. The lowest BCUT2D eigenvalue weighted by molar-refractivity contribution is 0.0798. The molecule has 0 radical (unpaired) electrons. The summed E-state index contributed by atoms with van der Waals surface area (Å²) in [7, 11) is 0. The number of rotatable bonds is 10. The molecule has 15 heteroatoms. The van der Waals surface area contributed by atoms with Crippen molar-refractivity contribution in [3.8, 4) is 0 Å². The van der Waals surface area contributed by atoms with Gasteiger partial charge in [-0.1, -0.05) is 0 Å². The van der Waals surface area contributed by atoms with Crippen LogP contribution in [0.2, 0.25) is 0 Å². The number of benzene rings is 1. The van der Waals surface area contributed by atoms with Crippen LogP contribution in [0, 0.1) is 10.7 Å². The highest BCUT2D eigenvalue weighted by Crippen LogP contribution is 2.40. The Morgan fingerprint density at radius 1 is 0.939 bits per heavy atom. The lowest BCUT2D eigenvalue weighted by Crippen LogP contribution is -2.40. The zero-order chi connectivity index (χ0) is 24.9. The van der Waals surface area contributed by atoms with Gasteiger partial charge >= 0.3 is 6.09 Å². The summed E-state index contributed by atoms with van der Waals surface area (Å²) in [6.07, 6.45) is -3.14. The van der Waals surface area contributed by atoms with Gasteiger partial charge in [0, 0.05) is 16.7 Å². The Morgan fingerprint density at radius 3 is 1.79 bits per heavy atom. The number of halogens is 3. The van der Waals surface area contributed by atoms with E-state index in [0.717, 1.165) is 0 Å². The molecule has 3 atom stereocenters. The number of hydrogen-bond acceptors (Lipinski definition) is 9. The maximum atomic E-state index is 13.0. The van der Waals surface area contributed by atoms with Crippen molar-refractivity contribution >= 4 is 91.4 Å². The summed E-state index contributed by atoms with van der Waals surface area (Å²) in [5.41, 5.74) is 0.279. The monoisotopic (exact) mass is 805 g/mol. The van der Waals surface area contributed by atoms with Crippen LogP contribution in [-0.2, 0) is 4.74 Å². The number of nitrogens with zero attached hydrogens (tertiary/aromatic N) is 1. The normalized spacial score (nSPS) is 17.5. The number of amides is 3. The lowest BCUT2D eigenvalue weighted by Gasteiger charge is -2.26. The Hall–Kier alpha value is -0.580. The van der Waals surface area contributed by atoms with Crippen molar-refractivity contribution < 1.29 is 44.7 Å². The molecular weight excluding hydrogens is 783 g/mol. The summed E-state index contributed by atoms with van der Waals surface area (Å²) in [6.45, 7) is -2.13. The number of aliphatic hydroxyl groups is 5. The summed E-state index contributed by atoms with van der Waals surface area (Å²) in [5.74, 6) is -1.32. The number of carbonyl (C=O) groups excluding carboxylic acids is 3. The van der Waals surface area contributed by atoms with Crippen molar-refractivity contribution in [2.75, 3.05) is 44.4 Å². The molecule has 1 aromatic carbocycles. The first-order valence-electron chi connectivity index (χ1n) is 9.50. The van der Waals surface area contributed by atoms with E-state index < -0.39 is 56.0 Å². The highest BCUT2D eigenvalue weighted by atomic mass is 127. The second-order valence-corrected chi connectivity index (χ2v) is 10.2. The number of hydrogen-bond donors (Lipinski definition) is 7. The van der Waals surface area contributed by atoms with Crippen LogP contribution in [0.15, 0.2) is 0 Å². The van der Waals surface area contributed by atoms with Gasteiger partial charge in [-0.05, 0) is 67.8 Å². The fraction of sp³-hybridized carbons (Fsp3) is 0.500. The Morgan fingerprint density at radius 2 is 1.39 bits per heavy atom. The molecule has 1 fully saturated rings. The minimum absolute atomic E-state index is 0.0426. The zero-order valence-corrected chi connectivity index (χ0v) is 23.4. The van der Waals surface area contributed by atoms with E-state index in [1.165, 1.54) is 4.90 Å². The third-order valence-electron chi connectivity index (χ3n) is 4.58. The van der Waals surface area contributed by atoms with Gasteiger partial charge in [-0.2, -0.15) is 0 Å². The van der Waals surface area contributed by atoms with Crippen molar-refractivity contribution in [2.24, 2.45) is 0 Å². The van der Waals surface area contributed by atoms with E-state index in [4.69, 9.17) is 14.9 Å². The molecule has 1 aliphatic rings. The number of nitrogens with one attached hydrogen (secondary N) is 2. The largest absolute Gasteiger partial charge is 0.447 e. The number of cyclic esters (lactones) is 1. The van der Waals surface area contributed by atoms with Gasteiger partial charge in [-0.25, -0.2) is 4.79 Å². The fourth-order valence-electron chi connectivity index (χ4n) is 2.86. The Bertz CT molecular complexity index is 865. The van der Waals surface area contributed by atoms with Crippen molar-refractivity contribution in [1.29, 1.82) is 0 Å². The average Bonchev–Trinajstić information content (AvgIpc) is 3.15. The van der Waals surface area contributed by atoms with Crippen molar-refractivity contribution in [2.45, 2.75) is 18.2 Å². The molecule has 3 amide bonds. The van der Waals surface area contributed by atoms with Crippen LogP contribution >= 0.6 is 67.8 Å². The molecule has 1 heterocycles. The van der Waals surface area contributed by atoms with E-state index in [1.54, 1.807) is 0 Å². The van der Waals surface area contributed by atoms with Gasteiger partial charge in [0.05, 0.1) is 62.0 Å². The molecule has 7 N–H and O–H groups in total. The maximum absolute atomic E-state index is 13.0. The van der Waals surface area contributed by atoms with E-state index in [9.17, 15) is 29.7 Å². The maximum Gasteiger partial charge on any atom is 0.414 e. The average molecular weight is 805 g/mol. The van der Waals surface area contributed by atoms with Crippen molar-refractivity contribution in [1.82, 2.24) is 10.6 Å². The molecule has 184 valence electrons. The zero-order valence-electron chi connectivity index (χ0n) is 16.9. The summed E-state index contributed by atoms with van der Waals surface area (Å²) in [5, 5.41) is 51.8. The SMILES string of the molecule is O=C(NCC(O)CO)c1c(I)c(C(=O)NCC(O)CO)c(I)c(N2C(=O)OC[C@H]2CO)c1I. The van der Waals surface area contributed by atoms with E-state index in [-0.39, 0.29) is 40.1 Å². The summed E-state index contributed by atoms with van der Waals surface area (Å²) in [4.78, 5) is 39.6. The molecular formula is C18H22I3N3O9. The van der Waals surface area contributed by atoms with Gasteiger partial charge in [0.2, 0.25) is 0 Å². The van der Waals surface area contributed by atoms with E-state index in [2.05, 4.69) is 10.6 Å². The molecule has 0 bridgehead atoms. The summed E-state index contributed by atoms with van der Waals surface area (Å²) < 4.78 is 5.90. The second-order valence-electron chi connectivity index (χ2n) is 6.92. The highest BCUT2D eigenvalue weighted by molar-refractivity contribution is 14.1. The van der Waals surface area contributed by atoms with Crippen LogP contribution in [0.1, 0.15) is 20.7 Å². The number of ether oxygens (including phenoxy) is 1. The molecule has 1 aliphatic heterocycles. The Kier molecular flexibility index (Phi) is 11.2. The molecule has 33 heavy (non-hydrogen) atoms. The van der Waals surface area contributed by atoms with E-state index in [1.807, 2.05) is 67.8 Å². The third-order valence-corrected chi connectivity index (χ3v) is 7.76. The van der Waals surface area contributed by atoms with Crippen molar-refractivity contribution in [3.05, 3.63) is 21.8 Å². The van der Waals surface area contributed by atoms with Gasteiger partial charge in [-0.15, -0.1) is 0 Å². The van der Waals surface area contributed by atoms with E-state index in [0.29, 0.717) is 7.14 Å². The van der Waals surface area contributed by atoms with Crippen molar-refractivity contribution in [3.63, 3.8) is 0 Å². The van der Waals surface area contributed by atoms with Crippen LogP contribution in [0.25, 0.3) is 0 Å². The first kappa shape index (κ1) is 28.7. The highest BCUT2D eigenvalue weighted by Gasteiger charge is 2.39. The first-order chi connectivity index (χ1) is 15.6. The van der Waals surface area contributed by atoms with Crippen LogP contribution < -0.4 is 15.5 Å². The van der Waals surface area contributed by atoms with Gasteiger partial charge in [-0.3, -0.25) is 14.5 Å². The Labute approximate surface area is 229 Å². The molecule has 2 unspecified atom stereocenters. The number of aliphatic hydroxyl groups excluding tert-OH is 5. The van der Waals surface area contributed by atoms with Gasteiger partial charge in [0.15, 0.2) is 0 Å². The summed E-state index contributed by atoms with van der Waals surface area (Å²) >= 11 is 5.54. The van der Waals surface area contributed by atoms with Gasteiger partial charge < -0.3 is 40.9 Å². The predicted molar refractivity (Wildman–Crippen MR) is 140 cm³/mol. The smallest absolute Gasteiger partial charge is 0.414 e. The minimum Gasteiger partial charge on any atom is -0.447 e. The fourth-order valence-corrected chi connectivity index (χ4v) is 7.52. The van der Waals surface area contributed by atoms with Crippen LogP contribution in [0.4, 0.5) is 10.5 Å². The number of anilines is 1. The number of carbonyl (C=O) groups is 3. The topological polar surface area (TPSA) is 189 Å². The lowest BCUT2D eigenvalue weighted by atomic mass is 10.1. The van der Waals surface area contributed by atoms with Gasteiger partial charge in [0.25, 0.3) is 11.8 Å². The molecule has 0 aromatic heterocycles. The molecule has 0 saturated carbocycles. The third kappa shape index (κ3) is 6.55. The van der Waals surface area contributed by atoms with Crippen LogP contribution in [-0.4, -0.2) is 101 Å². The quantitative estimate of drug-likeness (QED) is 0.146. The van der Waals surface area contributed by atoms with Crippen LogP contribution in [0.5, 0.6) is 0 Å². The van der Waals surface area contributed by atoms with Crippen LogP contribution in [0.3, 0.4) is 0 Å². The summed E-state index contributed by atoms with van der Waals surface area (Å²) in [6, 6.07) is -0.737. The predicted octanol–water partition coefficient (Wildman–Crippen LogP) is -1.02. The Balaban J connectivity index is 2.64. The molecule has 1 aromatic rings. The molecule has 2 rings (SSSR count). The standard InChI is InChI=1S/C18H22I3N3O9/c19-12-10(16(30)22-1-8(28)4-26)13(20)15(24-7(3-25)6-33-18(24)32)14(21)11(12)17(31)23-2-9(29)5-27/h7-9,25-29H,1-6H2,(H,22,30)(H,23,31)/t7-,8?,9?/m1/s1.